The van der Waals surface area contributed by atoms with Crippen LogP contribution in [-0.2, 0) is 38.6 Å². The van der Waals surface area contributed by atoms with Gasteiger partial charge in [0, 0.05) is 13.2 Å². The first-order valence-corrected chi connectivity index (χ1v) is 11.9. The van der Waals surface area contributed by atoms with Gasteiger partial charge in [-0.05, 0) is 0 Å². The molecule has 17 nitrogen and oxygen atoms in total. The van der Waals surface area contributed by atoms with E-state index in [0.717, 1.165) is 10.8 Å². The molecule has 0 bridgehead atoms. The number of phosphoric ester groups is 1. The monoisotopic (exact) mass is 494 g/mol. The zero-order chi connectivity index (χ0) is 23.1. The summed E-state index contributed by atoms with van der Waals surface area (Å²) < 4.78 is 49.4. The van der Waals surface area contributed by atoms with Crippen molar-refractivity contribution in [3.8, 4) is 0 Å². The normalized spacial score (nSPS) is 28.8. The van der Waals surface area contributed by atoms with E-state index in [1.54, 1.807) is 0 Å². The largest absolute Gasteiger partial charge is 0.790 e. The van der Waals surface area contributed by atoms with Gasteiger partial charge < -0.3 is 48.2 Å². The molecule has 6 atom stereocenters. The van der Waals surface area contributed by atoms with Crippen LogP contribution in [-0.4, -0.2) is 44.7 Å². The van der Waals surface area contributed by atoms with E-state index >= 15 is 0 Å². The van der Waals surface area contributed by atoms with E-state index < -0.39 is 65.7 Å². The third kappa shape index (κ3) is 6.48. The van der Waals surface area contributed by atoms with Gasteiger partial charge in [0.1, 0.15) is 24.4 Å². The highest BCUT2D eigenvalue weighted by Gasteiger charge is 2.45. The number of ether oxygens (including phenoxy) is 1. The number of hydrogen-bond donors (Lipinski definition) is 3. The molecule has 0 aromatic carbocycles. The quantitative estimate of drug-likeness (QED) is 0.285. The molecule has 20 heteroatoms. The number of aromatic nitrogens is 2. The molecular formula is C10H13N2O15P3-4. The van der Waals surface area contributed by atoms with Gasteiger partial charge in [-0.1, -0.05) is 0 Å². The van der Waals surface area contributed by atoms with Crippen molar-refractivity contribution in [1.29, 1.82) is 0 Å². The fraction of sp³-hybridized carbons (Fsp3) is 0.600. The van der Waals surface area contributed by atoms with Gasteiger partial charge in [-0.25, -0.2) is 9.11 Å². The third-order valence-electron chi connectivity index (χ3n) is 3.60. The topological polar surface area (TPSA) is 276 Å². The summed E-state index contributed by atoms with van der Waals surface area (Å²) in [7, 11) is -16.9. The van der Waals surface area contributed by atoms with Gasteiger partial charge in [-0.2, -0.15) is 0 Å². The first kappa shape index (κ1) is 25.2. The Morgan fingerprint density at radius 1 is 1.10 bits per heavy atom. The van der Waals surface area contributed by atoms with E-state index in [0.29, 0.717) is 0 Å². The maximum absolute atomic E-state index is 11.9. The Kier molecular flexibility index (Phi) is 7.44. The number of aliphatic hydroxyl groups is 2. The van der Waals surface area contributed by atoms with Crippen molar-refractivity contribution in [2.45, 2.75) is 24.4 Å². The van der Waals surface area contributed by atoms with Gasteiger partial charge in [-0.3, -0.25) is 23.2 Å². The average Bonchev–Trinajstić information content (AvgIpc) is 2.81. The molecule has 3 N–H and O–H groups in total. The third-order valence-corrected chi connectivity index (χ3v) is 7.27. The van der Waals surface area contributed by atoms with Gasteiger partial charge in [0.25, 0.3) is 21.2 Å². The van der Waals surface area contributed by atoms with Gasteiger partial charge in [0.2, 0.25) is 0 Å². The first-order chi connectivity index (χ1) is 13.5. The van der Waals surface area contributed by atoms with Crippen molar-refractivity contribution >= 4 is 23.5 Å². The fourth-order valence-corrected chi connectivity index (χ4v) is 5.24. The van der Waals surface area contributed by atoms with Gasteiger partial charge in [0.05, 0.1) is 20.0 Å². The predicted molar refractivity (Wildman–Crippen MR) is 82.9 cm³/mol. The highest BCUT2D eigenvalue weighted by molar-refractivity contribution is 7.64. The van der Waals surface area contributed by atoms with E-state index in [1.165, 1.54) is 7.05 Å². The molecule has 0 spiro atoms. The first-order valence-electron chi connectivity index (χ1n) is 7.54. The number of nitrogens with zero attached hydrogens (tertiary/aromatic N) is 1. The number of phosphoric acid groups is 3. The van der Waals surface area contributed by atoms with Crippen LogP contribution in [0.3, 0.4) is 0 Å². The standard InChI is InChI=1S/C10H17N2O15P3/c1-12-2-4(9(15)11-10(12)16)8-7(14)6(13)5(25-8)3-24-29(20,21)27-30(22,23)26-28(17,18)19/h2,5-8,13-14H,3H2,1H3,(H,20,21)(H,22,23)(H,11,15,16)(H2,17,18,19)/p-4. The Balaban J connectivity index is 2.09. The number of aromatic amines is 1. The number of hydrogen-bond acceptors (Lipinski definition) is 15. The molecule has 0 aliphatic carbocycles. The number of H-pyrrole nitrogens is 1. The molecule has 0 saturated carbocycles. The smallest absolute Gasteiger partial charge is 0.328 e. The van der Waals surface area contributed by atoms with Crippen LogP contribution in [0.2, 0.25) is 0 Å². The SMILES string of the molecule is Cn1cc(C2OC(COP(=O)([O-])OP(=O)([O-])OP(=O)([O-])[O-])C(O)C2O)c(=O)[nH]c1=O. The molecule has 6 unspecified atom stereocenters. The van der Waals surface area contributed by atoms with E-state index in [1.807, 2.05) is 4.98 Å². The van der Waals surface area contributed by atoms with Crippen molar-refractivity contribution in [1.82, 2.24) is 9.55 Å². The summed E-state index contributed by atoms with van der Waals surface area (Å²) in [5.74, 6) is 0. The molecule has 1 aromatic rings. The van der Waals surface area contributed by atoms with Gasteiger partial charge in [0.15, 0.2) is 0 Å². The molecule has 0 radical (unpaired) electrons. The molecule has 172 valence electrons. The van der Waals surface area contributed by atoms with Crippen molar-refractivity contribution in [2.24, 2.45) is 7.05 Å². The molecule has 1 aromatic heterocycles. The van der Waals surface area contributed by atoms with E-state index in [4.69, 9.17) is 4.74 Å². The minimum Gasteiger partial charge on any atom is -0.790 e. The van der Waals surface area contributed by atoms with Crippen LogP contribution in [0.1, 0.15) is 11.7 Å². The second-order valence-electron chi connectivity index (χ2n) is 5.83. The Labute approximate surface area is 165 Å². The van der Waals surface area contributed by atoms with Crippen LogP contribution >= 0.6 is 23.5 Å². The lowest BCUT2D eigenvalue weighted by Crippen LogP contribution is -2.35. The van der Waals surface area contributed by atoms with Crippen molar-refractivity contribution in [3.63, 3.8) is 0 Å². The molecule has 1 fully saturated rings. The molecule has 1 saturated heterocycles. The lowest BCUT2D eigenvalue weighted by molar-refractivity contribution is -0.339. The van der Waals surface area contributed by atoms with Crippen molar-refractivity contribution in [3.05, 3.63) is 32.6 Å². The Hall–Kier alpha value is -1.03. The lowest BCUT2D eigenvalue weighted by atomic mass is 10.0. The molecular weight excluding hydrogens is 481 g/mol. The summed E-state index contributed by atoms with van der Waals surface area (Å²) in [4.78, 5) is 68.3. The molecule has 1 aliphatic heterocycles. The maximum Gasteiger partial charge on any atom is 0.328 e. The van der Waals surface area contributed by atoms with Gasteiger partial charge >= 0.3 is 5.69 Å². The summed E-state index contributed by atoms with van der Waals surface area (Å²) in [6, 6.07) is 0. The predicted octanol–water partition coefficient (Wildman–Crippen LogP) is -4.95. The van der Waals surface area contributed by atoms with Crippen molar-refractivity contribution < 1.29 is 61.4 Å². The van der Waals surface area contributed by atoms with Crippen LogP contribution in [0, 0.1) is 0 Å². The van der Waals surface area contributed by atoms with Crippen LogP contribution < -0.4 is 30.8 Å². The summed E-state index contributed by atoms with van der Waals surface area (Å²) >= 11 is 0. The summed E-state index contributed by atoms with van der Waals surface area (Å²) in [5.41, 5.74) is -2.05. The minimum atomic E-state index is -6.17. The molecule has 0 amide bonds. The Bertz CT molecular complexity index is 1040. The van der Waals surface area contributed by atoms with E-state index in [-0.39, 0.29) is 5.56 Å². The summed E-state index contributed by atoms with van der Waals surface area (Å²) in [6.45, 7) is -1.16. The van der Waals surface area contributed by atoms with E-state index in [2.05, 4.69) is 13.1 Å². The van der Waals surface area contributed by atoms with Gasteiger partial charge in [-0.15, -0.1) is 0 Å². The van der Waals surface area contributed by atoms with Crippen LogP contribution in [0.15, 0.2) is 15.8 Å². The zero-order valence-corrected chi connectivity index (χ0v) is 17.3. The van der Waals surface area contributed by atoms with Crippen LogP contribution in [0.25, 0.3) is 0 Å². The Morgan fingerprint density at radius 2 is 1.70 bits per heavy atom. The van der Waals surface area contributed by atoms with Crippen LogP contribution in [0.4, 0.5) is 0 Å². The number of aliphatic hydroxyl groups excluding tert-OH is 2. The second-order valence-corrected chi connectivity index (χ2v) is 10.1. The van der Waals surface area contributed by atoms with Crippen molar-refractivity contribution in [2.75, 3.05) is 6.61 Å². The number of aryl methyl sites for hydroxylation is 1. The summed E-state index contributed by atoms with van der Waals surface area (Å²) in [6.07, 6.45) is -5.81. The highest BCUT2D eigenvalue weighted by atomic mass is 31.3. The minimum absolute atomic E-state index is 0.299. The molecule has 1 aliphatic rings. The number of nitrogens with one attached hydrogen (secondary N) is 1. The lowest BCUT2D eigenvalue weighted by Gasteiger charge is -2.37. The number of rotatable bonds is 8. The summed E-state index contributed by atoms with van der Waals surface area (Å²) in [5, 5.41) is 20.0. The van der Waals surface area contributed by atoms with E-state index in [9.17, 15) is 53.1 Å². The van der Waals surface area contributed by atoms with Crippen LogP contribution in [0.5, 0.6) is 0 Å². The maximum atomic E-state index is 11.9. The highest BCUT2D eigenvalue weighted by Crippen LogP contribution is 2.60. The molecule has 2 rings (SSSR count). The Morgan fingerprint density at radius 3 is 2.27 bits per heavy atom. The average molecular weight is 494 g/mol. The molecule has 30 heavy (non-hydrogen) atoms. The fourth-order valence-electron chi connectivity index (χ4n) is 2.38. The second kappa shape index (κ2) is 8.84. The molecule has 2 heterocycles. The zero-order valence-electron chi connectivity index (χ0n) is 14.6.